The van der Waals surface area contributed by atoms with Crippen LogP contribution in [0, 0.1) is 0 Å². The Kier molecular flexibility index (Phi) is 4.45. The molecule has 1 aliphatic carbocycles. The number of fused-ring (bicyclic) bond motifs is 2. The van der Waals surface area contributed by atoms with Gasteiger partial charge >= 0.3 is 0 Å². The van der Waals surface area contributed by atoms with Gasteiger partial charge in [0.2, 0.25) is 15.9 Å². The topological polar surface area (TPSA) is 66.5 Å². The minimum atomic E-state index is -3.15. The van der Waals surface area contributed by atoms with Crippen LogP contribution in [-0.4, -0.2) is 43.0 Å². The van der Waals surface area contributed by atoms with Gasteiger partial charge in [0.25, 0.3) is 0 Å². The summed E-state index contributed by atoms with van der Waals surface area (Å²) in [5, 5.41) is 5.36. The largest absolute Gasteiger partial charge is 0.352 e. The highest BCUT2D eigenvalue weighted by Gasteiger charge is 2.48. The predicted octanol–water partition coefficient (Wildman–Crippen LogP) is 2.63. The van der Waals surface area contributed by atoms with E-state index in [9.17, 15) is 13.2 Å². The Labute approximate surface area is 153 Å². The lowest BCUT2D eigenvalue weighted by atomic mass is 9.82. The molecule has 25 heavy (non-hydrogen) atoms. The Morgan fingerprint density at radius 1 is 1.24 bits per heavy atom. The van der Waals surface area contributed by atoms with E-state index in [1.54, 1.807) is 15.6 Å². The van der Waals surface area contributed by atoms with E-state index in [2.05, 4.69) is 11.4 Å². The molecule has 1 N–H and O–H groups in total. The monoisotopic (exact) mass is 382 g/mol. The van der Waals surface area contributed by atoms with Gasteiger partial charge in [-0.1, -0.05) is 18.9 Å². The van der Waals surface area contributed by atoms with E-state index < -0.39 is 10.0 Å². The van der Waals surface area contributed by atoms with Crippen LogP contribution in [0.2, 0.25) is 0 Å². The number of carbonyl (C=O) groups excluding carboxylic acids is 1. The van der Waals surface area contributed by atoms with E-state index in [-0.39, 0.29) is 29.4 Å². The van der Waals surface area contributed by atoms with Gasteiger partial charge in [0.1, 0.15) is 0 Å². The Hall–Kier alpha value is -0.920. The Bertz CT molecular complexity index is 724. The molecule has 3 aliphatic rings. The zero-order valence-electron chi connectivity index (χ0n) is 14.6. The van der Waals surface area contributed by atoms with Crippen LogP contribution in [0.4, 0.5) is 0 Å². The predicted molar refractivity (Wildman–Crippen MR) is 99.1 cm³/mol. The van der Waals surface area contributed by atoms with Crippen molar-refractivity contribution in [1.29, 1.82) is 0 Å². The maximum absolute atomic E-state index is 13.2. The van der Waals surface area contributed by atoms with E-state index >= 15 is 0 Å². The van der Waals surface area contributed by atoms with E-state index in [1.807, 2.05) is 11.4 Å². The van der Waals surface area contributed by atoms with Crippen molar-refractivity contribution in [3.63, 3.8) is 0 Å². The molecular weight excluding hydrogens is 356 g/mol. The molecule has 0 radical (unpaired) electrons. The number of piperidine rings is 1. The number of thiophene rings is 1. The highest BCUT2D eigenvalue weighted by molar-refractivity contribution is 7.88. The lowest BCUT2D eigenvalue weighted by Gasteiger charge is -2.39. The molecule has 3 fully saturated rings. The normalized spacial score (nSPS) is 32.0. The summed E-state index contributed by atoms with van der Waals surface area (Å²) in [5.41, 5.74) is -0.360. The summed E-state index contributed by atoms with van der Waals surface area (Å²) in [4.78, 5) is 14.4. The molecule has 4 rings (SSSR count). The standard InChI is InChI=1S/C18H26N2O3S2/c1-25(22,23)20-14-6-7-15(20)12-13(11-14)19-17(21)18(8-2-3-9-18)16-5-4-10-24-16/h4-5,10,13-15H,2-3,6-9,11-12H2,1H3,(H,19,21). The lowest BCUT2D eigenvalue weighted by molar-refractivity contribution is -0.127. The van der Waals surface area contributed by atoms with Gasteiger partial charge in [0.05, 0.1) is 11.7 Å². The van der Waals surface area contributed by atoms with Crippen molar-refractivity contribution >= 4 is 27.3 Å². The molecule has 2 bridgehead atoms. The Morgan fingerprint density at radius 2 is 1.88 bits per heavy atom. The first-order chi connectivity index (χ1) is 11.9. The third kappa shape index (κ3) is 3.04. The fourth-order valence-corrected chi connectivity index (χ4v) is 7.68. The molecule has 2 aliphatic heterocycles. The van der Waals surface area contributed by atoms with Gasteiger partial charge in [-0.15, -0.1) is 11.3 Å². The van der Waals surface area contributed by atoms with Crippen LogP contribution in [0.25, 0.3) is 0 Å². The van der Waals surface area contributed by atoms with Crippen molar-refractivity contribution in [3.05, 3.63) is 22.4 Å². The maximum Gasteiger partial charge on any atom is 0.231 e. The number of amides is 1. The lowest BCUT2D eigenvalue weighted by Crippen LogP contribution is -2.54. The van der Waals surface area contributed by atoms with Gasteiger partial charge in [-0.3, -0.25) is 4.79 Å². The molecule has 138 valence electrons. The first-order valence-electron chi connectivity index (χ1n) is 9.24. The van der Waals surface area contributed by atoms with Crippen molar-refractivity contribution in [1.82, 2.24) is 9.62 Å². The maximum atomic E-state index is 13.2. The van der Waals surface area contributed by atoms with Gasteiger partial charge in [0, 0.05) is 23.0 Å². The molecule has 7 heteroatoms. The van der Waals surface area contributed by atoms with E-state index in [0.29, 0.717) is 0 Å². The van der Waals surface area contributed by atoms with Gasteiger partial charge in [0.15, 0.2) is 0 Å². The van der Waals surface area contributed by atoms with Crippen LogP contribution in [0.15, 0.2) is 17.5 Å². The third-order valence-electron chi connectivity index (χ3n) is 6.27. The number of nitrogens with one attached hydrogen (secondary N) is 1. The van der Waals surface area contributed by atoms with Gasteiger partial charge in [-0.25, -0.2) is 8.42 Å². The average molecular weight is 383 g/mol. The van der Waals surface area contributed by atoms with Crippen molar-refractivity contribution < 1.29 is 13.2 Å². The van der Waals surface area contributed by atoms with Crippen LogP contribution in [-0.2, 0) is 20.2 Å². The summed E-state index contributed by atoms with van der Waals surface area (Å²) in [6.45, 7) is 0. The number of rotatable bonds is 4. The van der Waals surface area contributed by atoms with Gasteiger partial charge < -0.3 is 5.32 Å². The van der Waals surface area contributed by atoms with Crippen LogP contribution >= 0.6 is 11.3 Å². The molecule has 2 atom stereocenters. The first-order valence-corrected chi connectivity index (χ1v) is 12.0. The van der Waals surface area contributed by atoms with Gasteiger partial charge in [-0.2, -0.15) is 4.31 Å². The van der Waals surface area contributed by atoms with Crippen LogP contribution in [0.1, 0.15) is 56.2 Å². The summed E-state index contributed by atoms with van der Waals surface area (Å²) >= 11 is 1.68. The zero-order chi connectivity index (χ0) is 17.7. The number of hydrogen-bond donors (Lipinski definition) is 1. The third-order valence-corrected chi connectivity index (χ3v) is 8.70. The summed E-state index contributed by atoms with van der Waals surface area (Å²) in [6, 6.07) is 4.32. The minimum absolute atomic E-state index is 0.0558. The number of sulfonamides is 1. The average Bonchev–Trinajstić information content (AvgIpc) is 3.25. The van der Waals surface area contributed by atoms with Gasteiger partial charge in [-0.05, 0) is 50.0 Å². The summed E-state index contributed by atoms with van der Waals surface area (Å²) in [6.07, 6.45) is 8.68. The van der Waals surface area contributed by atoms with Crippen molar-refractivity contribution in [2.45, 2.75) is 74.9 Å². The second kappa shape index (κ2) is 6.35. The smallest absolute Gasteiger partial charge is 0.231 e. The summed E-state index contributed by atoms with van der Waals surface area (Å²) in [5.74, 6) is 0.157. The molecule has 3 heterocycles. The van der Waals surface area contributed by atoms with Crippen LogP contribution < -0.4 is 5.32 Å². The molecule has 2 unspecified atom stereocenters. The second-order valence-electron chi connectivity index (χ2n) is 7.89. The molecule has 5 nitrogen and oxygen atoms in total. The Balaban J connectivity index is 1.49. The molecule has 0 aromatic carbocycles. The number of hydrogen-bond acceptors (Lipinski definition) is 4. The van der Waals surface area contributed by atoms with E-state index in [4.69, 9.17) is 0 Å². The molecule has 1 amide bonds. The summed E-state index contributed by atoms with van der Waals surface area (Å²) < 4.78 is 25.8. The highest BCUT2D eigenvalue weighted by atomic mass is 32.2. The van der Waals surface area contributed by atoms with Crippen LogP contribution in [0.5, 0.6) is 0 Å². The fraction of sp³-hybridized carbons (Fsp3) is 0.722. The highest BCUT2D eigenvalue weighted by Crippen LogP contribution is 2.44. The van der Waals surface area contributed by atoms with E-state index in [1.165, 1.54) is 11.1 Å². The summed E-state index contributed by atoms with van der Waals surface area (Å²) in [7, 11) is -3.15. The number of nitrogens with zero attached hydrogens (tertiary/aromatic N) is 1. The molecule has 1 saturated carbocycles. The number of carbonyl (C=O) groups is 1. The van der Waals surface area contributed by atoms with Crippen molar-refractivity contribution in [2.24, 2.45) is 0 Å². The zero-order valence-corrected chi connectivity index (χ0v) is 16.2. The molecule has 0 spiro atoms. The minimum Gasteiger partial charge on any atom is -0.352 e. The molecule has 1 aromatic rings. The first kappa shape index (κ1) is 17.5. The molecule has 1 aromatic heterocycles. The van der Waals surface area contributed by atoms with Crippen LogP contribution in [0.3, 0.4) is 0 Å². The molecule has 2 saturated heterocycles. The fourth-order valence-electron chi connectivity index (χ4n) is 5.23. The second-order valence-corrected chi connectivity index (χ2v) is 10.7. The Morgan fingerprint density at radius 3 is 2.40 bits per heavy atom. The van der Waals surface area contributed by atoms with Crippen molar-refractivity contribution in [2.75, 3.05) is 6.26 Å². The quantitative estimate of drug-likeness (QED) is 0.870. The van der Waals surface area contributed by atoms with Crippen molar-refractivity contribution in [3.8, 4) is 0 Å². The molecular formula is C18H26N2O3S2. The van der Waals surface area contributed by atoms with E-state index in [0.717, 1.165) is 51.4 Å². The SMILES string of the molecule is CS(=O)(=O)N1C2CCC1CC(NC(=O)C1(c3cccs3)CCCC1)C2.